The van der Waals surface area contributed by atoms with Gasteiger partial charge in [-0.1, -0.05) is 48.0 Å². The van der Waals surface area contributed by atoms with Crippen molar-refractivity contribution in [3.05, 3.63) is 97.9 Å². The number of aryl methyl sites for hydroxylation is 1. The lowest BCUT2D eigenvalue weighted by Gasteiger charge is -2.11. The van der Waals surface area contributed by atoms with Crippen molar-refractivity contribution >= 4 is 44.0 Å². The number of rotatable bonds is 6. The van der Waals surface area contributed by atoms with E-state index >= 15 is 0 Å². The average molecular weight is 502 g/mol. The van der Waals surface area contributed by atoms with E-state index in [2.05, 4.69) is 61.4 Å². The number of carbonyl (C=O) groups is 1. The quantitative estimate of drug-likeness (QED) is 0.339. The average Bonchev–Trinajstić information content (AvgIpc) is 2.68. The Balaban J connectivity index is 1.65. The van der Waals surface area contributed by atoms with E-state index in [1.807, 2.05) is 42.5 Å². The van der Waals surface area contributed by atoms with Gasteiger partial charge in [0.2, 0.25) is 0 Å². The predicted octanol–water partition coefficient (Wildman–Crippen LogP) is 5.86. The fourth-order valence-electron chi connectivity index (χ4n) is 2.57. The van der Waals surface area contributed by atoms with Gasteiger partial charge in [0.05, 0.1) is 15.2 Å². The number of nitrogens with one attached hydrogen (secondary N) is 1. The van der Waals surface area contributed by atoms with Crippen molar-refractivity contribution in [2.45, 2.75) is 13.5 Å². The van der Waals surface area contributed by atoms with Gasteiger partial charge in [-0.25, -0.2) is 5.43 Å². The van der Waals surface area contributed by atoms with Crippen molar-refractivity contribution in [2.75, 3.05) is 0 Å². The largest absolute Gasteiger partial charge is 0.487 e. The number of hydrogen-bond donors (Lipinski definition) is 1. The highest BCUT2D eigenvalue weighted by atomic mass is 79.9. The summed E-state index contributed by atoms with van der Waals surface area (Å²) >= 11 is 7.08. The van der Waals surface area contributed by atoms with Gasteiger partial charge >= 0.3 is 0 Å². The molecule has 0 fully saturated rings. The molecule has 0 saturated carbocycles. The smallest absolute Gasteiger partial charge is 0.271 e. The Kier molecular flexibility index (Phi) is 7.01. The molecule has 0 heterocycles. The van der Waals surface area contributed by atoms with Crippen molar-refractivity contribution in [1.29, 1.82) is 0 Å². The van der Waals surface area contributed by atoms with Crippen LogP contribution in [0.4, 0.5) is 0 Å². The van der Waals surface area contributed by atoms with E-state index in [1.54, 1.807) is 18.3 Å². The Bertz CT molecular complexity index is 981. The summed E-state index contributed by atoms with van der Waals surface area (Å²) in [7, 11) is 0. The van der Waals surface area contributed by atoms with Crippen molar-refractivity contribution in [3.8, 4) is 5.75 Å². The number of ether oxygens (including phenoxy) is 1. The third kappa shape index (κ3) is 5.53. The van der Waals surface area contributed by atoms with Gasteiger partial charge in [0, 0.05) is 5.56 Å². The first-order valence-corrected chi connectivity index (χ1v) is 10.2. The van der Waals surface area contributed by atoms with Crippen LogP contribution in [-0.2, 0) is 6.61 Å². The molecule has 6 heteroatoms. The van der Waals surface area contributed by atoms with Crippen LogP contribution >= 0.6 is 31.9 Å². The lowest BCUT2D eigenvalue weighted by molar-refractivity contribution is 0.0955. The molecule has 0 saturated heterocycles. The summed E-state index contributed by atoms with van der Waals surface area (Å²) in [5, 5.41) is 4.03. The van der Waals surface area contributed by atoms with Crippen LogP contribution in [0.15, 0.2) is 80.8 Å². The van der Waals surface area contributed by atoms with Crippen LogP contribution in [0.5, 0.6) is 5.75 Å². The van der Waals surface area contributed by atoms with Gasteiger partial charge in [-0.2, -0.15) is 5.10 Å². The molecule has 0 aliphatic carbocycles. The molecule has 3 aromatic rings. The molecule has 0 unspecified atom stereocenters. The topological polar surface area (TPSA) is 50.7 Å². The van der Waals surface area contributed by atoms with Crippen molar-refractivity contribution in [3.63, 3.8) is 0 Å². The van der Waals surface area contributed by atoms with Crippen molar-refractivity contribution in [2.24, 2.45) is 5.10 Å². The van der Waals surface area contributed by atoms with E-state index < -0.39 is 0 Å². The van der Waals surface area contributed by atoms with Crippen LogP contribution < -0.4 is 10.2 Å². The molecule has 28 heavy (non-hydrogen) atoms. The molecule has 0 aliphatic heterocycles. The van der Waals surface area contributed by atoms with Crippen molar-refractivity contribution in [1.82, 2.24) is 5.43 Å². The maximum Gasteiger partial charge on any atom is 0.271 e. The number of amides is 1. The maximum atomic E-state index is 12.0. The van der Waals surface area contributed by atoms with Crippen LogP contribution in [0.2, 0.25) is 0 Å². The monoisotopic (exact) mass is 500 g/mol. The van der Waals surface area contributed by atoms with Crippen LogP contribution in [-0.4, -0.2) is 12.1 Å². The van der Waals surface area contributed by atoms with E-state index in [0.29, 0.717) is 17.9 Å². The third-order valence-corrected chi connectivity index (χ3v) is 5.08. The lowest BCUT2D eigenvalue weighted by atomic mass is 10.1. The number of nitrogens with zero attached hydrogens (tertiary/aromatic N) is 1. The number of carbonyl (C=O) groups excluding carboxylic acids is 1. The van der Waals surface area contributed by atoms with Crippen LogP contribution in [0.25, 0.3) is 0 Å². The van der Waals surface area contributed by atoms with Gasteiger partial charge < -0.3 is 4.74 Å². The van der Waals surface area contributed by atoms with Gasteiger partial charge in [0.1, 0.15) is 12.4 Å². The number of benzene rings is 3. The van der Waals surface area contributed by atoms with E-state index in [0.717, 1.165) is 20.1 Å². The summed E-state index contributed by atoms with van der Waals surface area (Å²) in [6, 6.07) is 20.9. The van der Waals surface area contributed by atoms with Gasteiger partial charge in [-0.05, 0) is 74.2 Å². The first-order valence-electron chi connectivity index (χ1n) is 8.59. The Morgan fingerprint density at radius 2 is 1.75 bits per heavy atom. The molecule has 3 rings (SSSR count). The molecule has 1 amide bonds. The second kappa shape index (κ2) is 9.66. The number of hydrazone groups is 1. The molecule has 0 radical (unpaired) electrons. The molecule has 0 bridgehead atoms. The summed E-state index contributed by atoms with van der Waals surface area (Å²) in [5.41, 5.74) is 6.20. The maximum absolute atomic E-state index is 12.0. The number of halogens is 2. The molecule has 4 nitrogen and oxygen atoms in total. The van der Waals surface area contributed by atoms with Crippen LogP contribution in [0.3, 0.4) is 0 Å². The fourth-order valence-corrected chi connectivity index (χ4v) is 4.02. The lowest BCUT2D eigenvalue weighted by Crippen LogP contribution is -2.17. The second-order valence-corrected chi connectivity index (χ2v) is 7.87. The number of hydrogen-bond acceptors (Lipinski definition) is 3. The summed E-state index contributed by atoms with van der Waals surface area (Å²) in [5.74, 6) is 0.458. The van der Waals surface area contributed by atoms with Crippen LogP contribution in [0, 0.1) is 6.92 Å². The minimum Gasteiger partial charge on any atom is -0.487 e. The molecule has 0 atom stereocenters. The Labute approximate surface area is 180 Å². The highest BCUT2D eigenvalue weighted by molar-refractivity contribution is 9.11. The Morgan fingerprint density at radius 1 is 1.04 bits per heavy atom. The molecule has 142 valence electrons. The first-order chi connectivity index (χ1) is 13.5. The fraction of sp³-hybridized carbons (Fsp3) is 0.0909. The third-order valence-electron chi connectivity index (χ3n) is 3.90. The van der Waals surface area contributed by atoms with E-state index in [4.69, 9.17) is 4.74 Å². The highest BCUT2D eigenvalue weighted by Crippen LogP contribution is 2.35. The van der Waals surface area contributed by atoms with E-state index in [9.17, 15) is 4.79 Å². The zero-order valence-electron chi connectivity index (χ0n) is 15.2. The van der Waals surface area contributed by atoms with E-state index in [-0.39, 0.29) is 5.91 Å². The summed E-state index contributed by atoms with van der Waals surface area (Å²) < 4.78 is 7.55. The van der Waals surface area contributed by atoms with Gasteiger partial charge in [0.15, 0.2) is 0 Å². The predicted molar refractivity (Wildman–Crippen MR) is 119 cm³/mol. The molecular weight excluding hydrogens is 484 g/mol. The Morgan fingerprint density at radius 3 is 2.43 bits per heavy atom. The Hall–Kier alpha value is -2.44. The van der Waals surface area contributed by atoms with Gasteiger partial charge in [-0.15, -0.1) is 0 Å². The van der Waals surface area contributed by atoms with Gasteiger partial charge in [-0.3, -0.25) is 4.79 Å². The molecule has 1 N–H and O–H groups in total. The van der Waals surface area contributed by atoms with Crippen LogP contribution in [0.1, 0.15) is 27.0 Å². The minimum atomic E-state index is -0.256. The summed E-state index contributed by atoms with van der Waals surface area (Å²) in [6.45, 7) is 2.53. The zero-order chi connectivity index (χ0) is 19.9. The molecule has 0 aliphatic rings. The molecule has 0 spiro atoms. The molecular formula is C22H18Br2N2O2. The summed E-state index contributed by atoms with van der Waals surface area (Å²) in [4.78, 5) is 12.0. The highest BCUT2D eigenvalue weighted by Gasteiger charge is 2.09. The second-order valence-electron chi connectivity index (χ2n) is 6.16. The minimum absolute atomic E-state index is 0.256. The van der Waals surface area contributed by atoms with Gasteiger partial charge in [0.25, 0.3) is 5.91 Å². The first kappa shape index (κ1) is 20.3. The SMILES string of the molecule is Cc1cccc(COc2c(Br)cc(/C=N\NC(=O)c3ccccc3)cc2Br)c1. The standard InChI is InChI=1S/C22H18Br2N2O2/c1-15-6-5-7-16(10-15)14-28-21-19(23)11-17(12-20(21)24)13-25-26-22(27)18-8-3-2-4-9-18/h2-13H,14H2,1H3,(H,26,27)/b25-13-. The zero-order valence-corrected chi connectivity index (χ0v) is 18.3. The molecule has 3 aromatic carbocycles. The molecule has 0 aromatic heterocycles. The summed E-state index contributed by atoms with van der Waals surface area (Å²) in [6.07, 6.45) is 1.58. The van der Waals surface area contributed by atoms with E-state index in [1.165, 1.54) is 5.56 Å². The normalized spacial score (nSPS) is 10.8. The van der Waals surface area contributed by atoms with Crippen molar-refractivity contribution < 1.29 is 9.53 Å².